The predicted molar refractivity (Wildman–Crippen MR) is 54.8 cm³/mol. The molecule has 1 aliphatic carbocycles. The minimum atomic E-state index is -0.392. The van der Waals surface area contributed by atoms with Crippen LogP contribution in [0.15, 0.2) is 0 Å². The van der Waals surface area contributed by atoms with E-state index < -0.39 is 6.04 Å². The highest BCUT2D eigenvalue weighted by Gasteiger charge is 2.31. The van der Waals surface area contributed by atoms with E-state index in [1.165, 1.54) is 0 Å². The summed E-state index contributed by atoms with van der Waals surface area (Å²) in [5.74, 6) is 0.146. The van der Waals surface area contributed by atoms with Crippen molar-refractivity contribution in [3.63, 3.8) is 0 Å². The second-order valence-corrected chi connectivity index (χ2v) is 4.30. The van der Waals surface area contributed by atoms with Gasteiger partial charge < -0.3 is 15.8 Å². The molecule has 0 aromatic rings. The molecule has 14 heavy (non-hydrogen) atoms. The zero-order valence-electron chi connectivity index (χ0n) is 9.12. The summed E-state index contributed by atoms with van der Waals surface area (Å²) >= 11 is 0. The number of hydrogen-bond donors (Lipinski definition) is 2. The lowest BCUT2D eigenvalue weighted by atomic mass is 9.88. The Morgan fingerprint density at radius 2 is 2.07 bits per heavy atom. The maximum atomic E-state index is 11.5. The highest BCUT2D eigenvalue weighted by Crippen LogP contribution is 2.22. The Kier molecular flexibility index (Phi) is 3.89. The Bertz CT molecular complexity index is 200. The number of carbonyl (C=O) groups excluding carboxylic acids is 1. The van der Waals surface area contributed by atoms with Gasteiger partial charge in [0, 0.05) is 13.2 Å². The summed E-state index contributed by atoms with van der Waals surface area (Å²) in [6.45, 7) is 3.89. The summed E-state index contributed by atoms with van der Waals surface area (Å²) in [6, 6.07) is -0.131. The molecule has 3 N–H and O–H groups in total. The number of rotatable bonds is 4. The van der Waals surface area contributed by atoms with E-state index in [2.05, 4.69) is 5.32 Å². The van der Waals surface area contributed by atoms with Gasteiger partial charge in [-0.05, 0) is 18.8 Å². The van der Waals surface area contributed by atoms with E-state index in [0.29, 0.717) is 6.10 Å². The molecular weight excluding hydrogens is 180 g/mol. The molecular formula is C10H20N2O2. The van der Waals surface area contributed by atoms with Gasteiger partial charge in [0.15, 0.2) is 0 Å². The van der Waals surface area contributed by atoms with Gasteiger partial charge in [-0.3, -0.25) is 4.79 Å². The number of ether oxygens (including phenoxy) is 1. The van der Waals surface area contributed by atoms with Gasteiger partial charge in [0.05, 0.1) is 12.1 Å². The standard InChI is InChI=1S/C10H20N2O2/c1-6(2)9(11)10(13)12-7-4-8(5-7)14-3/h6-9H,4-5,11H2,1-3H3,(H,12,13)/t7?,8?,9-/m0/s1. The van der Waals surface area contributed by atoms with E-state index in [9.17, 15) is 4.79 Å². The summed E-state index contributed by atoms with van der Waals surface area (Å²) in [5.41, 5.74) is 5.71. The van der Waals surface area contributed by atoms with Crippen LogP contribution < -0.4 is 11.1 Å². The van der Waals surface area contributed by atoms with E-state index in [1.54, 1.807) is 7.11 Å². The van der Waals surface area contributed by atoms with Crippen molar-refractivity contribution in [2.24, 2.45) is 11.7 Å². The molecule has 4 nitrogen and oxygen atoms in total. The maximum absolute atomic E-state index is 11.5. The van der Waals surface area contributed by atoms with Crippen molar-refractivity contribution in [3.05, 3.63) is 0 Å². The number of nitrogens with one attached hydrogen (secondary N) is 1. The van der Waals surface area contributed by atoms with Crippen molar-refractivity contribution in [2.45, 2.75) is 44.9 Å². The third-order valence-electron chi connectivity index (χ3n) is 2.80. The number of amides is 1. The molecule has 1 fully saturated rings. The fourth-order valence-electron chi connectivity index (χ4n) is 1.48. The van der Waals surface area contributed by atoms with E-state index in [1.807, 2.05) is 13.8 Å². The smallest absolute Gasteiger partial charge is 0.237 e. The van der Waals surface area contributed by atoms with Crippen LogP contribution in [0.5, 0.6) is 0 Å². The van der Waals surface area contributed by atoms with Gasteiger partial charge >= 0.3 is 0 Å². The summed E-state index contributed by atoms with van der Waals surface area (Å²) in [5, 5.41) is 2.92. The van der Waals surface area contributed by atoms with Gasteiger partial charge in [-0.1, -0.05) is 13.8 Å². The fraction of sp³-hybridized carbons (Fsp3) is 0.900. The highest BCUT2D eigenvalue weighted by molar-refractivity contribution is 5.82. The molecule has 0 spiro atoms. The third-order valence-corrected chi connectivity index (χ3v) is 2.80. The van der Waals surface area contributed by atoms with E-state index in [-0.39, 0.29) is 17.9 Å². The quantitative estimate of drug-likeness (QED) is 0.684. The van der Waals surface area contributed by atoms with Crippen LogP contribution in [-0.4, -0.2) is 31.2 Å². The maximum Gasteiger partial charge on any atom is 0.237 e. The van der Waals surface area contributed by atoms with E-state index >= 15 is 0 Å². The van der Waals surface area contributed by atoms with Crippen LogP contribution in [-0.2, 0) is 9.53 Å². The minimum absolute atomic E-state index is 0.0421. The Balaban J connectivity index is 2.22. The van der Waals surface area contributed by atoms with Crippen molar-refractivity contribution >= 4 is 5.91 Å². The van der Waals surface area contributed by atoms with Crippen molar-refractivity contribution in [1.29, 1.82) is 0 Å². The van der Waals surface area contributed by atoms with Crippen LogP contribution in [0, 0.1) is 5.92 Å². The largest absolute Gasteiger partial charge is 0.381 e. The van der Waals surface area contributed by atoms with E-state index in [4.69, 9.17) is 10.5 Å². The first kappa shape index (κ1) is 11.5. The van der Waals surface area contributed by atoms with Crippen LogP contribution in [0.1, 0.15) is 26.7 Å². The first-order valence-corrected chi connectivity index (χ1v) is 5.13. The van der Waals surface area contributed by atoms with Crippen LogP contribution in [0.3, 0.4) is 0 Å². The first-order chi connectivity index (χ1) is 6.54. The van der Waals surface area contributed by atoms with Crippen molar-refractivity contribution in [3.8, 4) is 0 Å². The Morgan fingerprint density at radius 3 is 2.50 bits per heavy atom. The van der Waals surface area contributed by atoms with Crippen molar-refractivity contribution in [1.82, 2.24) is 5.32 Å². The fourth-order valence-corrected chi connectivity index (χ4v) is 1.48. The summed E-state index contributed by atoms with van der Waals surface area (Å²) in [7, 11) is 1.70. The van der Waals surface area contributed by atoms with Crippen LogP contribution in [0.4, 0.5) is 0 Å². The molecule has 82 valence electrons. The molecule has 1 aliphatic rings. The van der Waals surface area contributed by atoms with Gasteiger partial charge in [0.2, 0.25) is 5.91 Å². The molecule has 0 aliphatic heterocycles. The van der Waals surface area contributed by atoms with Crippen LogP contribution in [0.2, 0.25) is 0 Å². The Labute approximate surface area is 85.2 Å². The Hall–Kier alpha value is -0.610. The summed E-state index contributed by atoms with van der Waals surface area (Å²) < 4.78 is 5.12. The van der Waals surface area contributed by atoms with Gasteiger partial charge in [0.1, 0.15) is 0 Å². The molecule has 0 aromatic heterocycles. The highest BCUT2D eigenvalue weighted by atomic mass is 16.5. The normalized spacial score (nSPS) is 28.4. The number of carbonyl (C=O) groups is 1. The van der Waals surface area contributed by atoms with Crippen molar-refractivity contribution in [2.75, 3.05) is 7.11 Å². The third kappa shape index (κ3) is 2.69. The number of hydrogen-bond acceptors (Lipinski definition) is 3. The molecule has 0 unspecified atom stereocenters. The molecule has 0 bridgehead atoms. The zero-order valence-corrected chi connectivity index (χ0v) is 9.12. The van der Waals surface area contributed by atoms with Crippen LogP contribution in [0.25, 0.3) is 0 Å². The summed E-state index contributed by atoms with van der Waals surface area (Å²) in [4.78, 5) is 11.5. The number of nitrogens with two attached hydrogens (primary N) is 1. The average molecular weight is 200 g/mol. The molecule has 0 radical (unpaired) electrons. The van der Waals surface area contributed by atoms with Gasteiger partial charge in [-0.2, -0.15) is 0 Å². The average Bonchev–Trinajstić information content (AvgIpc) is 2.08. The molecule has 0 saturated heterocycles. The first-order valence-electron chi connectivity index (χ1n) is 5.13. The predicted octanol–water partition coefficient (Wildman–Crippen LogP) is 0.263. The lowest BCUT2D eigenvalue weighted by molar-refractivity contribution is -0.125. The van der Waals surface area contributed by atoms with E-state index in [0.717, 1.165) is 12.8 Å². The molecule has 1 rings (SSSR count). The molecule has 1 amide bonds. The van der Waals surface area contributed by atoms with Crippen molar-refractivity contribution < 1.29 is 9.53 Å². The molecule has 1 saturated carbocycles. The molecule has 0 aromatic carbocycles. The lowest BCUT2D eigenvalue weighted by Gasteiger charge is -2.35. The molecule has 4 heteroatoms. The minimum Gasteiger partial charge on any atom is -0.381 e. The zero-order chi connectivity index (χ0) is 10.7. The SMILES string of the molecule is COC1CC(NC(=O)[C@@H](N)C(C)C)C1. The van der Waals surface area contributed by atoms with Gasteiger partial charge in [-0.25, -0.2) is 0 Å². The molecule has 1 atom stereocenters. The molecule has 0 heterocycles. The lowest BCUT2D eigenvalue weighted by Crippen LogP contribution is -2.53. The summed E-state index contributed by atoms with van der Waals surface area (Å²) in [6.07, 6.45) is 2.13. The second-order valence-electron chi connectivity index (χ2n) is 4.30. The second kappa shape index (κ2) is 4.75. The van der Waals surface area contributed by atoms with Gasteiger partial charge in [0.25, 0.3) is 0 Å². The topological polar surface area (TPSA) is 64.3 Å². The Morgan fingerprint density at radius 1 is 1.50 bits per heavy atom. The monoisotopic (exact) mass is 200 g/mol. The van der Waals surface area contributed by atoms with Crippen LogP contribution >= 0.6 is 0 Å². The number of methoxy groups -OCH3 is 1. The van der Waals surface area contributed by atoms with Gasteiger partial charge in [-0.15, -0.1) is 0 Å².